The fraction of sp³-hybridized carbons (Fsp3) is 0.630. The monoisotopic (exact) mass is 535 g/mol. The largest absolute Gasteiger partial charge is 0.466 e. The van der Waals surface area contributed by atoms with Crippen molar-refractivity contribution in [2.75, 3.05) is 25.2 Å². The van der Waals surface area contributed by atoms with Gasteiger partial charge < -0.3 is 25.0 Å². The summed E-state index contributed by atoms with van der Waals surface area (Å²) in [5, 5.41) is 5.56. The Balaban J connectivity index is 2.36. The Kier molecular flexibility index (Phi) is 11.7. The number of hydrogen-bond acceptors (Lipinski definition) is 7. The second kappa shape index (κ2) is 14.3. The number of ether oxygens (including phenoxy) is 2. The number of hydrogen-bond donors (Lipinski definition) is 2. The number of nitrogens with one attached hydrogen (secondary N) is 2. The van der Waals surface area contributed by atoms with Crippen LogP contribution in [0.4, 0.5) is 4.79 Å². The third-order valence-electron chi connectivity index (χ3n) is 5.74. The van der Waals surface area contributed by atoms with Crippen molar-refractivity contribution in [2.24, 2.45) is 0 Å². The van der Waals surface area contributed by atoms with E-state index >= 15 is 0 Å². The minimum atomic E-state index is -0.902. The highest BCUT2D eigenvalue weighted by Gasteiger charge is 2.44. The zero-order valence-corrected chi connectivity index (χ0v) is 23.6. The molecule has 2 atom stereocenters. The number of amides is 3. The molecule has 0 aliphatic heterocycles. The Morgan fingerprint density at radius 2 is 1.84 bits per heavy atom. The molecule has 1 saturated carbocycles. The zero-order valence-electron chi connectivity index (χ0n) is 22.8. The third kappa shape index (κ3) is 9.91. The first-order chi connectivity index (χ1) is 17.5. The topological polar surface area (TPSA) is 114 Å². The normalized spacial score (nSPS) is 14.8. The molecular formula is C27H41N3O6S. The van der Waals surface area contributed by atoms with Crippen molar-refractivity contribution in [1.29, 1.82) is 0 Å². The summed E-state index contributed by atoms with van der Waals surface area (Å²) in [4.78, 5) is 53.6. The van der Waals surface area contributed by atoms with Crippen LogP contribution in [0.15, 0.2) is 24.3 Å². The molecule has 1 fully saturated rings. The van der Waals surface area contributed by atoms with Gasteiger partial charge in [-0.25, -0.2) is 4.79 Å². The molecule has 1 aromatic carbocycles. The molecule has 0 aromatic heterocycles. The van der Waals surface area contributed by atoms with Gasteiger partial charge in [-0.15, -0.1) is 0 Å². The van der Waals surface area contributed by atoms with Gasteiger partial charge >= 0.3 is 12.1 Å². The first-order valence-electron chi connectivity index (χ1n) is 12.8. The van der Waals surface area contributed by atoms with Crippen LogP contribution in [0.3, 0.4) is 0 Å². The lowest BCUT2D eigenvalue weighted by Crippen LogP contribution is -2.54. The molecule has 10 heteroatoms. The molecule has 206 valence electrons. The summed E-state index contributed by atoms with van der Waals surface area (Å²) in [6, 6.07) is 5.58. The maximum atomic E-state index is 14.0. The number of alkyl carbamates (subject to hydrolysis) is 1. The van der Waals surface area contributed by atoms with E-state index in [1.807, 2.05) is 37.4 Å². The van der Waals surface area contributed by atoms with Gasteiger partial charge in [0.25, 0.3) is 0 Å². The van der Waals surface area contributed by atoms with Gasteiger partial charge in [0.15, 0.2) is 0 Å². The van der Waals surface area contributed by atoms with Gasteiger partial charge in [-0.2, -0.15) is 11.8 Å². The second-order valence-corrected chi connectivity index (χ2v) is 11.0. The summed E-state index contributed by atoms with van der Waals surface area (Å²) in [5.41, 5.74) is 0.861. The van der Waals surface area contributed by atoms with Crippen LogP contribution in [0.2, 0.25) is 0 Å². The zero-order chi connectivity index (χ0) is 27.6. The van der Waals surface area contributed by atoms with E-state index in [0.29, 0.717) is 17.7 Å². The number of carbonyl (C=O) groups is 4. The van der Waals surface area contributed by atoms with Gasteiger partial charge in [0.2, 0.25) is 11.8 Å². The molecule has 2 N–H and O–H groups in total. The molecule has 1 aliphatic carbocycles. The van der Waals surface area contributed by atoms with Crippen LogP contribution >= 0.6 is 11.8 Å². The molecule has 1 aromatic rings. The van der Waals surface area contributed by atoms with Gasteiger partial charge in [0, 0.05) is 12.6 Å². The Labute approximate surface area is 224 Å². The average Bonchev–Trinajstić information content (AvgIpc) is 3.64. The summed E-state index contributed by atoms with van der Waals surface area (Å²) in [5.74, 6) is -0.453. The standard InChI is InChI=1S/C27H41N3O6S/c1-7-35-22(31)14-16-28-24(32)23(20-11-9-8-10-18(20)2)30(19-12-13-19)25(33)21(15-17-37-6)29-26(34)36-27(3,4)5/h8-11,19,21,23H,7,12-17H2,1-6H3,(H,28,32)(H,29,34). The van der Waals surface area contributed by atoms with Gasteiger partial charge in [0.1, 0.15) is 17.7 Å². The van der Waals surface area contributed by atoms with Crippen molar-refractivity contribution in [3.63, 3.8) is 0 Å². The molecule has 0 saturated heterocycles. The summed E-state index contributed by atoms with van der Waals surface area (Å²) >= 11 is 1.57. The number of carbonyl (C=O) groups excluding carboxylic acids is 4. The molecule has 0 spiro atoms. The van der Waals surface area contributed by atoms with E-state index in [4.69, 9.17) is 9.47 Å². The Hall–Kier alpha value is -2.75. The molecule has 0 bridgehead atoms. The quantitative estimate of drug-likeness (QED) is 0.370. The third-order valence-corrected chi connectivity index (χ3v) is 6.38. The van der Waals surface area contributed by atoms with Crippen molar-refractivity contribution in [1.82, 2.24) is 15.5 Å². The van der Waals surface area contributed by atoms with E-state index in [2.05, 4.69) is 10.6 Å². The molecule has 0 heterocycles. The van der Waals surface area contributed by atoms with Crippen molar-refractivity contribution < 1.29 is 28.7 Å². The Morgan fingerprint density at radius 3 is 2.41 bits per heavy atom. The van der Waals surface area contributed by atoms with Gasteiger partial charge in [-0.05, 0) is 77.0 Å². The lowest BCUT2D eigenvalue weighted by molar-refractivity contribution is -0.144. The molecule has 3 amide bonds. The van der Waals surface area contributed by atoms with Gasteiger partial charge in [-0.3, -0.25) is 14.4 Å². The molecule has 1 aliphatic rings. The highest BCUT2D eigenvalue weighted by molar-refractivity contribution is 7.98. The lowest BCUT2D eigenvalue weighted by atomic mass is 9.97. The number of benzene rings is 1. The van der Waals surface area contributed by atoms with Crippen LogP contribution < -0.4 is 10.6 Å². The highest BCUT2D eigenvalue weighted by Crippen LogP contribution is 2.36. The smallest absolute Gasteiger partial charge is 0.408 e. The van der Waals surface area contributed by atoms with E-state index in [0.717, 1.165) is 18.4 Å². The second-order valence-electron chi connectivity index (χ2n) is 10.1. The van der Waals surface area contributed by atoms with E-state index in [9.17, 15) is 19.2 Å². The molecule has 2 unspecified atom stereocenters. The molecule has 9 nitrogen and oxygen atoms in total. The van der Waals surface area contributed by atoms with E-state index in [-0.39, 0.29) is 37.4 Å². The number of nitrogens with zero attached hydrogens (tertiary/aromatic N) is 1. The maximum Gasteiger partial charge on any atom is 0.408 e. The van der Waals surface area contributed by atoms with E-state index < -0.39 is 29.7 Å². The van der Waals surface area contributed by atoms with Crippen LogP contribution in [0.5, 0.6) is 0 Å². The van der Waals surface area contributed by atoms with Crippen molar-refractivity contribution in [3.8, 4) is 0 Å². The van der Waals surface area contributed by atoms with Crippen LogP contribution in [0.25, 0.3) is 0 Å². The van der Waals surface area contributed by atoms with Crippen LogP contribution in [-0.2, 0) is 23.9 Å². The van der Waals surface area contributed by atoms with Gasteiger partial charge in [-0.1, -0.05) is 24.3 Å². The molecular weight excluding hydrogens is 494 g/mol. The predicted octanol–water partition coefficient (Wildman–Crippen LogP) is 3.74. The fourth-order valence-electron chi connectivity index (χ4n) is 3.92. The highest BCUT2D eigenvalue weighted by atomic mass is 32.2. The van der Waals surface area contributed by atoms with Crippen molar-refractivity contribution >= 4 is 35.6 Å². The van der Waals surface area contributed by atoms with Crippen molar-refractivity contribution in [3.05, 3.63) is 35.4 Å². The molecule has 37 heavy (non-hydrogen) atoms. The summed E-state index contributed by atoms with van der Waals surface area (Å²) in [6.45, 7) is 9.27. The lowest BCUT2D eigenvalue weighted by Gasteiger charge is -2.35. The SMILES string of the molecule is CCOC(=O)CCNC(=O)C(c1ccccc1C)N(C(=O)C(CCSC)NC(=O)OC(C)(C)C)C1CC1. The summed E-state index contributed by atoms with van der Waals surface area (Å²) in [6.07, 6.45) is 3.23. The summed E-state index contributed by atoms with van der Waals surface area (Å²) in [7, 11) is 0. The minimum absolute atomic E-state index is 0.0357. The first-order valence-corrected chi connectivity index (χ1v) is 14.2. The Bertz CT molecular complexity index is 944. The fourth-order valence-corrected chi connectivity index (χ4v) is 4.39. The number of thioether (sulfide) groups is 1. The van der Waals surface area contributed by atoms with Crippen LogP contribution in [0, 0.1) is 6.92 Å². The molecule has 2 rings (SSSR count). The average molecular weight is 536 g/mol. The van der Waals surface area contributed by atoms with Crippen LogP contribution in [-0.4, -0.2) is 71.6 Å². The Morgan fingerprint density at radius 1 is 1.16 bits per heavy atom. The first kappa shape index (κ1) is 30.5. The molecule has 0 radical (unpaired) electrons. The van der Waals surface area contributed by atoms with E-state index in [1.54, 1.807) is 44.4 Å². The minimum Gasteiger partial charge on any atom is -0.466 e. The van der Waals surface area contributed by atoms with E-state index in [1.165, 1.54) is 0 Å². The summed E-state index contributed by atoms with van der Waals surface area (Å²) < 4.78 is 10.4. The number of aryl methyl sites for hydroxylation is 1. The van der Waals surface area contributed by atoms with Crippen molar-refractivity contribution in [2.45, 2.75) is 84.0 Å². The number of esters is 1. The number of rotatable bonds is 13. The van der Waals surface area contributed by atoms with Crippen LogP contribution in [0.1, 0.15) is 70.5 Å². The predicted molar refractivity (Wildman–Crippen MR) is 144 cm³/mol. The maximum absolute atomic E-state index is 14.0. The van der Waals surface area contributed by atoms with Gasteiger partial charge in [0.05, 0.1) is 13.0 Å².